The molecular formula is C19H20N6O2. The summed E-state index contributed by atoms with van der Waals surface area (Å²) in [4.78, 5) is 24.9. The van der Waals surface area contributed by atoms with Crippen LogP contribution in [-0.2, 0) is 7.05 Å². The number of nitrogens with one attached hydrogen (secondary N) is 2. The van der Waals surface area contributed by atoms with Crippen molar-refractivity contribution in [2.45, 2.75) is 25.8 Å². The highest BCUT2D eigenvalue weighted by Gasteiger charge is 2.24. The predicted molar refractivity (Wildman–Crippen MR) is 100.0 cm³/mol. The van der Waals surface area contributed by atoms with Crippen molar-refractivity contribution in [3.8, 4) is 5.82 Å². The molecule has 8 nitrogen and oxygen atoms in total. The van der Waals surface area contributed by atoms with Crippen LogP contribution in [0.5, 0.6) is 0 Å². The van der Waals surface area contributed by atoms with E-state index in [0.717, 1.165) is 12.8 Å². The molecule has 27 heavy (non-hydrogen) atoms. The number of aryl methyl sites for hydroxylation is 2. The number of rotatable bonds is 5. The van der Waals surface area contributed by atoms with Crippen molar-refractivity contribution in [2.24, 2.45) is 7.05 Å². The number of anilines is 1. The zero-order valence-electron chi connectivity index (χ0n) is 15.1. The molecule has 138 valence electrons. The third-order valence-electron chi connectivity index (χ3n) is 4.46. The lowest BCUT2D eigenvalue weighted by molar-refractivity contribution is 0.0950. The van der Waals surface area contributed by atoms with Gasteiger partial charge in [-0.3, -0.25) is 9.59 Å². The van der Waals surface area contributed by atoms with Gasteiger partial charge >= 0.3 is 0 Å². The lowest BCUT2D eigenvalue weighted by atomic mass is 10.1. The van der Waals surface area contributed by atoms with Crippen LogP contribution in [0, 0.1) is 6.92 Å². The van der Waals surface area contributed by atoms with Crippen molar-refractivity contribution >= 4 is 17.5 Å². The summed E-state index contributed by atoms with van der Waals surface area (Å²) in [6, 6.07) is 8.95. The Morgan fingerprint density at radius 3 is 2.52 bits per heavy atom. The minimum atomic E-state index is -0.277. The molecule has 0 saturated heterocycles. The second kappa shape index (κ2) is 6.71. The summed E-state index contributed by atoms with van der Waals surface area (Å²) in [6.45, 7) is 1.78. The molecule has 0 aliphatic heterocycles. The first-order chi connectivity index (χ1) is 13.0. The third kappa shape index (κ3) is 3.46. The molecule has 1 fully saturated rings. The second-order valence-electron chi connectivity index (χ2n) is 6.64. The molecule has 0 bridgehead atoms. The van der Waals surface area contributed by atoms with Crippen molar-refractivity contribution in [2.75, 3.05) is 5.32 Å². The summed E-state index contributed by atoms with van der Waals surface area (Å²) >= 11 is 0. The number of carbonyl (C=O) groups is 2. The van der Waals surface area contributed by atoms with Gasteiger partial charge in [0.2, 0.25) is 0 Å². The molecule has 4 rings (SSSR count). The quantitative estimate of drug-likeness (QED) is 0.725. The maximum Gasteiger partial charge on any atom is 0.261 e. The Balaban J connectivity index is 1.53. The first-order valence-electron chi connectivity index (χ1n) is 8.79. The summed E-state index contributed by atoms with van der Waals surface area (Å²) < 4.78 is 3.24. The first-order valence-corrected chi connectivity index (χ1v) is 8.79. The predicted octanol–water partition coefficient (Wildman–Crippen LogP) is 2.06. The van der Waals surface area contributed by atoms with Gasteiger partial charge in [0.15, 0.2) is 5.82 Å². The van der Waals surface area contributed by atoms with Crippen molar-refractivity contribution < 1.29 is 9.59 Å². The van der Waals surface area contributed by atoms with Crippen molar-refractivity contribution in [3.63, 3.8) is 0 Å². The van der Waals surface area contributed by atoms with Gasteiger partial charge in [0, 0.05) is 36.7 Å². The molecule has 2 amide bonds. The normalized spacial score (nSPS) is 13.4. The Morgan fingerprint density at radius 2 is 1.89 bits per heavy atom. The van der Waals surface area contributed by atoms with Crippen LogP contribution in [-0.4, -0.2) is 37.4 Å². The first kappa shape index (κ1) is 17.0. The molecule has 0 radical (unpaired) electrons. The van der Waals surface area contributed by atoms with Gasteiger partial charge in [-0.1, -0.05) is 0 Å². The van der Waals surface area contributed by atoms with E-state index in [0.29, 0.717) is 34.4 Å². The Kier molecular flexibility index (Phi) is 4.23. The lowest BCUT2D eigenvalue weighted by Gasteiger charge is -2.09. The number of hydrogen-bond acceptors (Lipinski definition) is 4. The van der Waals surface area contributed by atoms with Gasteiger partial charge in [-0.2, -0.15) is 10.2 Å². The number of aromatic nitrogens is 4. The minimum absolute atomic E-state index is 0.0838. The molecule has 1 saturated carbocycles. The van der Waals surface area contributed by atoms with E-state index in [4.69, 9.17) is 0 Å². The highest BCUT2D eigenvalue weighted by molar-refractivity contribution is 6.07. The van der Waals surface area contributed by atoms with Crippen LogP contribution < -0.4 is 10.6 Å². The van der Waals surface area contributed by atoms with Gasteiger partial charge in [0.05, 0.1) is 5.69 Å². The van der Waals surface area contributed by atoms with Crippen LogP contribution >= 0.6 is 0 Å². The molecule has 1 aliphatic rings. The average molecular weight is 364 g/mol. The largest absolute Gasteiger partial charge is 0.349 e. The van der Waals surface area contributed by atoms with E-state index in [1.807, 2.05) is 0 Å². The van der Waals surface area contributed by atoms with Gasteiger partial charge < -0.3 is 10.6 Å². The second-order valence-corrected chi connectivity index (χ2v) is 6.64. The van der Waals surface area contributed by atoms with E-state index in [1.54, 1.807) is 66.1 Å². The van der Waals surface area contributed by atoms with Crippen molar-refractivity contribution in [1.29, 1.82) is 0 Å². The molecule has 2 N–H and O–H groups in total. The Bertz CT molecular complexity index is 984. The number of carbonyl (C=O) groups excluding carboxylic acids is 2. The number of benzene rings is 1. The van der Waals surface area contributed by atoms with E-state index >= 15 is 0 Å². The molecule has 0 spiro atoms. The van der Waals surface area contributed by atoms with Crippen LogP contribution in [0.1, 0.15) is 39.3 Å². The molecule has 2 heterocycles. The van der Waals surface area contributed by atoms with Crippen LogP contribution in [0.4, 0.5) is 5.69 Å². The maximum absolute atomic E-state index is 12.9. The van der Waals surface area contributed by atoms with E-state index < -0.39 is 0 Å². The van der Waals surface area contributed by atoms with E-state index in [9.17, 15) is 9.59 Å². The summed E-state index contributed by atoms with van der Waals surface area (Å²) in [5.74, 6) is 0.233. The van der Waals surface area contributed by atoms with Crippen molar-refractivity contribution in [1.82, 2.24) is 24.9 Å². The summed E-state index contributed by atoms with van der Waals surface area (Å²) in [7, 11) is 1.77. The standard InChI is InChI=1S/C19H20N6O2/c1-12-16(19(24(2)23-12)25-11-3-10-20-25)18(27)22-14-6-4-13(5-7-14)17(26)21-15-8-9-15/h3-7,10-11,15H,8-9H2,1-2H3,(H,21,26)(H,22,27). The fraction of sp³-hybridized carbons (Fsp3) is 0.263. The smallest absolute Gasteiger partial charge is 0.261 e. The summed E-state index contributed by atoms with van der Waals surface area (Å²) in [5, 5.41) is 14.4. The Hall–Kier alpha value is -3.42. The van der Waals surface area contributed by atoms with E-state index in [1.165, 1.54) is 0 Å². The van der Waals surface area contributed by atoms with E-state index in [-0.39, 0.29) is 11.8 Å². The fourth-order valence-electron chi connectivity index (χ4n) is 2.96. The van der Waals surface area contributed by atoms with Gasteiger partial charge in [0.1, 0.15) is 5.56 Å². The molecule has 0 atom stereocenters. The molecule has 3 aromatic rings. The van der Waals surface area contributed by atoms with Gasteiger partial charge in [-0.05, 0) is 50.1 Å². The zero-order chi connectivity index (χ0) is 19.0. The van der Waals surface area contributed by atoms with Crippen molar-refractivity contribution in [3.05, 3.63) is 59.5 Å². The van der Waals surface area contributed by atoms with Crippen LogP contribution in [0.3, 0.4) is 0 Å². The average Bonchev–Trinajstić information content (AvgIpc) is 3.18. The molecule has 0 unspecified atom stereocenters. The zero-order valence-corrected chi connectivity index (χ0v) is 15.1. The SMILES string of the molecule is Cc1nn(C)c(-n2cccn2)c1C(=O)Nc1ccc(C(=O)NC2CC2)cc1. The highest BCUT2D eigenvalue weighted by Crippen LogP contribution is 2.21. The molecular weight excluding hydrogens is 344 g/mol. The molecule has 1 aliphatic carbocycles. The Labute approximate surface area is 156 Å². The fourth-order valence-corrected chi connectivity index (χ4v) is 2.96. The molecule has 1 aromatic carbocycles. The maximum atomic E-state index is 12.9. The monoisotopic (exact) mass is 364 g/mol. The highest BCUT2D eigenvalue weighted by atomic mass is 16.2. The van der Waals surface area contributed by atoms with Crippen LogP contribution in [0.15, 0.2) is 42.7 Å². The topological polar surface area (TPSA) is 93.8 Å². The van der Waals surface area contributed by atoms with Crippen LogP contribution in [0.2, 0.25) is 0 Å². The van der Waals surface area contributed by atoms with Crippen LogP contribution in [0.25, 0.3) is 5.82 Å². The van der Waals surface area contributed by atoms with Gasteiger partial charge in [0.25, 0.3) is 11.8 Å². The van der Waals surface area contributed by atoms with Gasteiger partial charge in [-0.15, -0.1) is 0 Å². The molecule has 8 heteroatoms. The molecule has 2 aromatic heterocycles. The number of amides is 2. The van der Waals surface area contributed by atoms with Gasteiger partial charge in [-0.25, -0.2) is 9.36 Å². The summed E-state index contributed by atoms with van der Waals surface area (Å²) in [5.41, 5.74) is 2.25. The van der Waals surface area contributed by atoms with E-state index in [2.05, 4.69) is 20.8 Å². The number of hydrogen-bond donors (Lipinski definition) is 2. The summed E-state index contributed by atoms with van der Waals surface area (Å²) in [6.07, 6.45) is 5.50. The third-order valence-corrected chi connectivity index (χ3v) is 4.46. The minimum Gasteiger partial charge on any atom is -0.349 e. The number of nitrogens with zero attached hydrogens (tertiary/aromatic N) is 4. The Morgan fingerprint density at radius 1 is 1.15 bits per heavy atom. The lowest BCUT2D eigenvalue weighted by Crippen LogP contribution is -2.25.